The molecule has 1 aliphatic rings. The highest BCUT2D eigenvalue weighted by molar-refractivity contribution is 7.93. The molecule has 1 aromatic rings. The van der Waals surface area contributed by atoms with Crippen LogP contribution in [-0.2, 0) is 9.84 Å². The molecule has 3 heteroatoms. The van der Waals surface area contributed by atoms with Gasteiger partial charge >= 0.3 is 0 Å². The monoisotopic (exact) mass is 208 g/mol. The molecule has 0 amide bonds. The molecule has 0 saturated carbocycles. The summed E-state index contributed by atoms with van der Waals surface area (Å²) in [4.78, 5) is 0. The van der Waals surface area contributed by atoms with Gasteiger partial charge in [-0.15, -0.1) is 0 Å². The molecule has 1 unspecified atom stereocenters. The molecule has 0 bridgehead atoms. The molecule has 1 aliphatic heterocycles. The van der Waals surface area contributed by atoms with Crippen LogP contribution in [0.3, 0.4) is 0 Å². The Morgan fingerprint density at radius 3 is 2.36 bits per heavy atom. The van der Waals surface area contributed by atoms with Gasteiger partial charge in [-0.05, 0) is 18.1 Å². The van der Waals surface area contributed by atoms with Crippen molar-refractivity contribution >= 4 is 15.4 Å². The molecule has 2 nitrogen and oxygen atoms in total. The van der Waals surface area contributed by atoms with E-state index in [1.807, 2.05) is 36.4 Å². The van der Waals surface area contributed by atoms with Crippen LogP contribution in [-0.4, -0.2) is 19.4 Å². The van der Waals surface area contributed by atoms with Crippen molar-refractivity contribution in [1.29, 1.82) is 0 Å². The van der Waals surface area contributed by atoms with Crippen LogP contribution < -0.4 is 0 Å². The standard InChI is InChI=1S/C11H12O2S/c1-9-11(7-8-14(9,12)13)10-5-3-2-4-6-10/h2-7,9H,8H2,1H3. The van der Waals surface area contributed by atoms with E-state index in [2.05, 4.69) is 0 Å². The lowest BCUT2D eigenvalue weighted by molar-refractivity contribution is 0.597. The largest absolute Gasteiger partial charge is 0.228 e. The predicted molar refractivity (Wildman–Crippen MR) is 57.7 cm³/mol. The van der Waals surface area contributed by atoms with Crippen molar-refractivity contribution in [3.05, 3.63) is 42.0 Å². The van der Waals surface area contributed by atoms with Crippen LogP contribution in [0.4, 0.5) is 0 Å². The smallest absolute Gasteiger partial charge is 0.160 e. The molecular weight excluding hydrogens is 196 g/mol. The summed E-state index contributed by atoms with van der Waals surface area (Å²) in [5.41, 5.74) is 1.95. The highest BCUT2D eigenvalue weighted by Crippen LogP contribution is 2.29. The van der Waals surface area contributed by atoms with Gasteiger partial charge in [-0.3, -0.25) is 0 Å². The first-order valence-electron chi connectivity index (χ1n) is 4.58. The van der Waals surface area contributed by atoms with Crippen LogP contribution >= 0.6 is 0 Å². The summed E-state index contributed by atoms with van der Waals surface area (Å²) in [6.45, 7) is 1.75. The summed E-state index contributed by atoms with van der Waals surface area (Å²) >= 11 is 0. The van der Waals surface area contributed by atoms with Crippen molar-refractivity contribution in [3.63, 3.8) is 0 Å². The molecule has 0 spiro atoms. The summed E-state index contributed by atoms with van der Waals surface area (Å²) in [7, 11) is -2.91. The molecule has 0 radical (unpaired) electrons. The summed E-state index contributed by atoms with van der Waals surface area (Å²) in [6.07, 6.45) is 1.81. The first-order valence-corrected chi connectivity index (χ1v) is 6.30. The first-order chi connectivity index (χ1) is 6.61. The molecule has 0 aromatic heterocycles. The van der Waals surface area contributed by atoms with Crippen molar-refractivity contribution in [3.8, 4) is 0 Å². The van der Waals surface area contributed by atoms with Gasteiger partial charge in [0.15, 0.2) is 9.84 Å². The second-order valence-electron chi connectivity index (χ2n) is 3.50. The number of sulfone groups is 1. The Hall–Kier alpha value is -1.09. The average Bonchev–Trinajstić information content (AvgIpc) is 2.44. The van der Waals surface area contributed by atoms with E-state index in [1.54, 1.807) is 6.92 Å². The van der Waals surface area contributed by atoms with E-state index in [-0.39, 0.29) is 11.0 Å². The average molecular weight is 208 g/mol. The summed E-state index contributed by atoms with van der Waals surface area (Å²) in [6, 6.07) is 9.67. The number of hydrogen-bond donors (Lipinski definition) is 0. The van der Waals surface area contributed by atoms with Crippen molar-refractivity contribution in [2.24, 2.45) is 0 Å². The van der Waals surface area contributed by atoms with Crippen LogP contribution in [0.15, 0.2) is 36.4 Å². The lowest BCUT2D eigenvalue weighted by Gasteiger charge is -2.08. The third-order valence-electron chi connectivity index (χ3n) is 2.62. The zero-order chi connectivity index (χ0) is 10.2. The Morgan fingerprint density at radius 1 is 1.21 bits per heavy atom. The van der Waals surface area contributed by atoms with Crippen LogP contribution in [0, 0.1) is 0 Å². The number of hydrogen-bond acceptors (Lipinski definition) is 2. The maximum absolute atomic E-state index is 11.5. The van der Waals surface area contributed by atoms with E-state index in [0.29, 0.717) is 0 Å². The Kier molecular flexibility index (Phi) is 2.19. The zero-order valence-electron chi connectivity index (χ0n) is 7.97. The fourth-order valence-electron chi connectivity index (χ4n) is 1.69. The summed E-state index contributed by atoms with van der Waals surface area (Å²) in [5.74, 6) is 0.179. The van der Waals surface area contributed by atoms with E-state index in [1.165, 1.54) is 0 Å². The van der Waals surface area contributed by atoms with E-state index >= 15 is 0 Å². The topological polar surface area (TPSA) is 34.1 Å². The first kappa shape index (κ1) is 9.46. The summed E-state index contributed by atoms with van der Waals surface area (Å²) in [5, 5.41) is -0.357. The molecule has 1 aromatic carbocycles. The second-order valence-corrected chi connectivity index (χ2v) is 5.86. The fourth-order valence-corrected chi connectivity index (χ4v) is 3.01. The van der Waals surface area contributed by atoms with Gasteiger partial charge in [0, 0.05) is 0 Å². The molecule has 74 valence electrons. The minimum absolute atomic E-state index is 0.179. The third kappa shape index (κ3) is 1.48. The lowest BCUT2D eigenvalue weighted by atomic mass is 10.0. The van der Waals surface area contributed by atoms with Gasteiger partial charge in [0.25, 0.3) is 0 Å². The van der Waals surface area contributed by atoms with Crippen molar-refractivity contribution in [2.45, 2.75) is 12.2 Å². The Bertz CT molecular complexity index is 457. The van der Waals surface area contributed by atoms with Gasteiger partial charge in [0.05, 0.1) is 11.0 Å². The second kappa shape index (κ2) is 3.24. The van der Waals surface area contributed by atoms with E-state index in [4.69, 9.17) is 0 Å². The SMILES string of the molecule is CC1C(c2ccccc2)=CCS1(=O)=O. The van der Waals surface area contributed by atoms with Gasteiger partial charge < -0.3 is 0 Å². The molecule has 0 fully saturated rings. The van der Waals surface area contributed by atoms with Gasteiger partial charge in [-0.1, -0.05) is 36.4 Å². The Labute approximate surface area is 84.2 Å². The van der Waals surface area contributed by atoms with E-state index in [0.717, 1.165) is 11.1 Å². The maximum atomic E-state index is 11.5. The minimum atomic E-state index is -2.91. The molecule has 2 rings (SSSR count). The van der Waals surface area contributed by atoms with Gasteiger partial charge in [-0.25, -0.2) is 8.42 Å². The normalized spacial score (nSPS) is 24.6. The number of benzene rings is 1. The Balaban J connectivity index is 2.41. The van der Waals surface area contributed by atoms with Crippen LogP contribution in [0.2, 0.25) is 0 Å². The molecule has 0 aliphatic carbocycles. The van der Waals surface area contributed by atoms with Crippen LogP contribution in [0.25, 0.3) is 5.57 Å². The van der Waals surface area contributed by atoms with Gasteiger partial charge in [-0.2, -0.15) is 0 Å². The molecule has 1 atom stereocenters. The molecule has 14 heavy (non-hydrogen) atoms. The van der Waals surface area contributed by atoms with Crippen molar-refractivity contribution in [1.82, 2.24) is 0 Å². The number of rotatable bonds is 1. The molecule has 1 heterocycles. The molecule has 0 saturated heterocycles. The molecule has 0 N–H and O–H groups in total. The lowest BCUT2D eigenvalue weighted by Crippen LogP contribution is -2.14. The van der Waals surface area contributed by atoms with E-state index in [9.17, 15) is 8.42 Å². The van der Waals surface area contributed by atoms with Gasteiger partial charge in [0.1, 0.15) is 0 Å². The van der Waals surface area contributed by atoms with Crippen LogP contribution in [0.1, 0.15) is 12.5 Å². The van der Waals surface area contributed by atoms with Crippen LogP contribution in [0.5, 0.6) is 0 Å². The highest BCUT2D eigenvalue weighted by Gasteiger charge is 2.29. The minimum Gasteiger partial charge on any atom is -0.228 e. The predicted octanol–water partition coefficient (Wildman–Crippen LogP) is 1.89. The highest BCUT2D eigenvalue weighted by atomic mass is 32.2. The quantitative estimate of drug-likeness (QED) is 0.706. The summed E-state index contributed by atoms with van der Waals surface area (Å²) < 4.78 is 23.0. The maximum Gasteiger partial charge on any atom is 0.160 e. The fraction of sp³-hybridized carbons (Fsp3) is 0.273. The zero-order valence-corrected chi connectivity index (χ0v) is 8.79. The van der Waals surface area contributed by atoms with Crippen molar-refractivity contribution < 1.29 is 8.42 Å². The third-order valence-corrected chi connectivity index (χ3v) is 4.58. The van der Waals surface area contributed by atoms with E-state index < -0.39 is 9.84 Å². The van der Waals surface area contributed by atoms with Crippen molar-refractivity contribution in [2.75, 3.05) is 5.75 Å². The Morgan fingerprint density at radius 2 is 1.86 bits per heavy atom. The van der Waals surface area contributed by atoms with Gasteiger partial charge in [0.2, 0.25) is 0 Å². The molecular formula is C11H12O2S.